The lowest BCUT2D eigenvalue weighted by molar-refractivity contribution is -0.302. The SMILES string of the molecule is CC[C@H]1OC(=O)[C@H](C)C([C@H]2C[C@@](C)(OC)[C@@H](O)[C@H](C)O2)[C@H](C)[C@@H](O[C@@H]2O[C@H](C)C[C@H](N(C)CCc3cn(CCc4ccc(C(C)=O)cc4)nn3)[C@H]2O)[C@](C)(O)C[C@@H](C)CN(C)[C@H](C)[C@@H](O)[C@]1(C)O. The predicted molar refractivity (Wildman–Crippen MR) is 256 cm³/mol. The van der Waals surface area contributed by atoms with E-state index in [0.717, 1.165) is 17.7 Å². The molecule has 68 heavy (non-hydrogen) atoms. The number of aryl methyl sites for hydroxylation is 2. The van der Waals surface area contributed by atoms with Crippen molar-refractivity contribution in [1.29, 1.82) is 0 Å². The Bertz CT molecular complexity index is 1930. The molecular formula is C51H85N5O12. The average Bonchev–Trinajstić information content (AvgIpc) is 3.74. The van der Waals surface area contributed by atoms with Crippen molar-refractivity contribution in [2.24, 2.45) is 23.7 Å². The third-order valence-electron chi connectivity index (χ3n) is 15.8. The Kier molecular flexibility index (Phi) is 19.0. The number of rotatable bonds is 13. The lowest BCUT2D eigenvalue weighted by Crippen LogP contribution is -2.62. The van der Waals surface area contributed by atoms with Gasteiger partial charge in [0.05, 0.1) is 47.2 Å². The van der Waals surface area contributed by atoms with Crippen LogP contribution in [0.2, 0.25) is 0 Å². The summed E-state index contributed by atoms with van der Waals surface area (Å²) in [5.74, 6) is -3.09. The normalized spacial score (nSPS) is 40.6. The van der Waals surface area contributed by atoms with Crippen molar-refractivity contribution in [2.45, 2.75) is 205 Å². The van der Waals surface area contributed by atoms with Gasteiger partial charge in [0.25, 0.3) is 0 Å². The molecule has 18 atom stereocenters. The Morgan fingerprint density at radius 2 is 1.63 bits per heavy atom. The van der Waals surface area contributed by atoms with Gasteiger partial charge in [-0.05, 0) is 106 Å². The van der Waals surface area contributed by atoms with Gasteiger partial charge in [-0.15, -0.1) is 5.10 Å². The second kappa shape index (κ2) is 23.1. The quantitative estimate of drug-likeness (QED) is 0.142. The summed E-state index contributed by atoms with van der Waals surface area (Å²) in [6, 6.07) is 6.64. The van der Waals surface area contributed by atoms with Gasteiger partial charge in [0.1, 0.15) is 30.0 Å². The van der Waals surface area contributed by atoms with Crippen LogP contribution in [0.3, 0.4) is 0 Å². The molecule has 0 saturated carbocycles. The summed E-state index contributed by atoms with van der Waals surface area (Å²) in [4.78, 5) is 30.3. The van der Waals surface area contributed by atoms with Crippen LogP contribution >= 0.6 is 0 Å². The van der Waals surface area contributed by atoms with Gasteiger partial charge in [-0.25, -0.2) is 0 Å². The van der Waals surface area contributed by atoms with Crippen molar-refractivity contribution in [2.75, 3.05) is 34.3 Å². The molecule has 0 bridgehead atoms. The lowest BCUT2D eigenvalue weighted by atomic mass is 9.68. The van der Waals surface area contributed by atoms with Gasteiger partial charge in [0.2, 0.25) is 0 Å². The number of aliphatic hydroxyl groups is 5. The Balaban J connectivity index is 1.44. The van der Waals surface area contributed by atoms with Crippen molar-refractivity contribution in [3.63, 3.8) is 0 Å². The molecule has 0 spiro atoms. The number of aliphatic hydroxyl groups excluding tert-OH is 3. The lowest BCUT2D eigenvalue weighted by Gasteiger charge is -2.51. The second-order valence-electron chi connectivity index (χ2n) is 21.5. The number of methoxy groups -OCH3 is 1. The number of Topliss-reactive ketones (excluding diaryl/α,β-unsaturated/α-hetero) is 1. The fraction of sp³-hybridized carbons (Fsp3) is 0.804. The minimum Gasteiger partial charge on any atom is -0.459 e. The number of cyclic esters (lactones) is 1. The van der Waals surface area contributed by atoms with Gasteiger partial charge in [0.15, 0.2) is 12.1 Å². The fourth-order valence-corrected chi connectivity index (χ4v) is 11.4. The first-order chi connectivity index (χ1) is 31.7. The third kappa shape index (κ3) is 12.9. The summed E-state index contributed by atoms with van der Waals surface area (Å²) in [5.41, 5.74) is -1.87. The number of aromatic nitrogens is 3. The second-order valence-corrected chi connectivity index (χ2v) is 21.5. The van der Waals surface area contributed by atoms with E-state index < -0.39 is 102 Å². The largest absolute Gasteiger partial charge is 0.459 e. The highest BCUT2D eigenvalue weighted by Gasteiger charge is 2.55. The maximum atomic E-state index is 14.6. The zero-order valence-corrected chi connectivity index (χ0v) is 43.2. The highest BCUT2D eigenvalue weighted by Crippen LogP contribution is 2.45. The molecule has 0 amide bonds. The summed E-state index contributed by atoms with van der Waals surface area (Å²) in [6.07, 6.45) is -4.05. The molecule has 3 aliphatic rings. The summed E-state index contributed by atoms with van der Waals surface area (Å²) in [7, 11) is 5.33. The summed E-state index contributed by atoms with van der Waals surface area (Å²) >= 11 is 0. The summed E-state index contributed by atoms with van der Waals surface area (Å²) < 4.78 is 34.0. The van der Waals surface area contributed by atoms with Crippen molar-refractivity contribution in [3.8, 4) is 0 Å². The number of carbonyl (C=O) groups is 2. The van der Waals surface area contributed by atoms with Crippen molar-refractivity contribution < 1.29 is 58.8 Å². The van der Waals surface area contributed by atoms with E-state index in [4.69, 9.17) is 23.7 Å². The molecule has 1 aromatic carbocycles. The van der Waals surface area contributed by atoms with Crippen LogP contribution in [0.4, 0.5) is 0 Å². The van der Waals surface area contributed by atoms with Crippen LogP contribution in [0.25, 0.3) is 0 Å². The number of hydrogen-bond donors (Lipinski definition) is 5. The number of esters is 1. The molecule has 2 aromatic rings. The molecule has 5 rings (SSSR count). The molecule has 17 nitrogen and oxygen atoms in total. The number of nitrogens with zero attached hydrogens (tertiary/aromatic N) is 5. The van der Waals surface area contributed by atoms with E-state index in [0.29, 0.717) is 38.0 Å². The number of ether oxygens (including phenoxy) is 5. The molecule has 3 saturated heterocycles. The average molecular weight is 960 g/mol. The Morgan fingerprint density at radius 1 is 0.971 bits per heavy atom. The van der Waals surface area contributed by atoms with Gasteiger partial charge in [-0.2, -0.15) is 0 Å². The number of likely N-dealkylation sites (N-methyl/N-ethyl adjacent to an activating group) is 2. The Hall–Kier alpha value is -2.94. The highest BCUT2D eigenvalue weighted by molar-refractivity contribution is 5.94. The number of carbonyl (C=O) groups excluding carboxylic acids is 2. The van der Waals surface area contributed by atoms with Gasteiger partial charge < -0.3 is 59.0 Å². The van der Waals surface area contributed by atoms with E-state index in [1.807, 2.05) is 88.8 Å². The van der Waals surface area contributed by atoms with Gasteiger partial charge in [-0.1, -0.05) is 57.2 Å². The molecule has 17 heteroatoms. The van der Waals surface area contributed by atoms with E-state index in [1.165, 1.54) is 14.0 Å². The van der Waals surface area contributed by atoms with Crippen LogP contribution in [0.5, 0.6) is 0 Å². The maximum Gasteiger partial charge on any atom is 0.309 e. The Morgan fingerprint density at radius 3 is 2.25 bits per heavy atom. The zero-order valence-electron chi connectivity index (χ0n) is 43.2. The Labute approximate surface area is 404 Å². The van der Waals surface area contributed by atoms with Crippen molar-refractivity contribution in [1.82, 2.24) is 24.8 Å². The summed E-state index contributed by atoms with van der Waals surface area (Å²) in [5, 5.41) is 68.7. The number of ketones is 1. The molecule has 4 heterocycles. The smallest absolute Gasteiger partial charge is 0.309 e. The first-order valence-corrected chi connectivity index (χ1v) is 24.8. The van der Waals surface area contributed by atoms with Crippen LogP contribution in [0, 0.1) is 23.7 Å². The summed E-state index contributed by atoms with van der Waals surface area (Å²) in [6.45, 7) is 21.1. The molecule has 0 radical (unpaired) electrons. The van der Waals surface area contributed by atoms with Gasteiger partial charge in [0, 0.05) is 69.3 Å². The minimum absolute atomic E-state index is 0.0312. The van der Waals surface area contributed by atoms with Crippen LogP contribution in [0.15, 0.2) is 30.5 Å². The van der Waals surface area contributed by atoms with E-state index in [9.17, 15) is 35.1 Å². The van der Waals surface area contributed by atoms with Gasteiger partial charge in [-0.3, -0.25) is 14.3 Å². The monoisotopic (exact) mass is 960 g/mol. The van der Waals surface area contributed by atoms with E-state index in [-0.39, 0.29) is 37.1 Å². The molecule has 5 N–H and O–H groups in total. The number of hydrogen-bond acceptors (Lipinski definition) is 16. The molecule has 386 valence electrons. The molecule has 3 fully saturated rings. The molecule has 1 unspecified atom stereocenters. The number of benzene rings is 1. The molecular weight excluding hydrogens is 875 g/mol. The van der Waals surface area contributed by atoms with Crippen LogP contribution in [-0.4, -0.2) is 180 Å². The minimum atomic E-state index is -1.81. The topological polar surface area (TPSA) is 219 Å². The zero-order chi connectivity index (χ0) is 50.6. The van der Waals surface area contributed by atoms with Crippen LogP contribution < -0.4 is 0 Å². The standard InChI is InChI=1S/C51H85N5O12/c1-15-41-51(11,63)44(59)33(6)55(13)27-29(2)25-49(9,62)46(31(4)42(32(5)47(61)67-41)40-26-50(10,64-14)45(60)35(8)66-40)68-48-43(58)39(24-30(3)65-48)54(12)22-21-38-28-56(53-52-38)23-20-36-16-18-37(19-17-36)34(7)57/h16-19,28-33,35,39-46,48,58-60,62-63H,15,20-27H2,1-14H3/t29-,30-,31+,32-,33-,35+,39+,40-,41-,42?,43-,44-,45+,46-,48+,49-,50-,51-/m1/s1. The van der Waals surface area contributed by atoms with E-state index in [2.05, 4.69) is 15.2 Å². The third-order valence-corrected chi connectivity index (χ3v) is 15.8. The van der Waals surface area contributed by atoms with Crippen molar-refractivity contribution >= 4 is 11.8 Å². The first kappa shape index (κ1) is 56.0. The van der Waals surface area contributed by atoms with Crippen LogP contribution in [-0.2, 0) is 47.9 Å². The fourth-order valence-electron chi connectivity index (χ4n) is 11.4. The molecule has 0 aliphatic carbocycles. The highest BCUT2D eigenvalue weighted by atomic mass is 16.7. The van der Waals surface area contributed by atoms with E-state index in [1.54, 1.807) is 34.6 Å². The van der Waals surface area contributed by atoms with Gasteiger partial charge >= 0.3 is 5.97 Å². The first-order valence-electron chi connectivity index (χ1n) is 24.8. The van der Waals surface area contributed by atoms with E-state index >= 15 is 0 Å². The predicted octanol–water partition coefficient (Wildman–Crippen LogP) is 3.82. The molecule has 3 aliphatic heterocycles. The van der Waals surface area contributed by atoms with Crippen molar-refractivity contribution in [3.05, 3.63) is 47.3 Å². The van der Waals surface area contributed by atoms with Crippen LogP contribution in [0.1, 0.15) is 123 Å². The maximum absolute atomic E-state index is 14.6. The molecule has 1 aromatic heterocycles.